The Morgan fingerprint density at radius 3 is 0.901 bits per heavy atom. The predicted octanol–water partition coefficient (Wildman–Crippen LogP) is 23.3. The average Bonchev–Trinajstić information content (AvgIpc) is 0.934. The van der Waals surface area contributed by atoms with Crippen LogP contribution in [0.2, 0.25) is 0 Å². The standard InChI is InChI=1S/C83H144O16P2/c1-4-7-10-13-16-19-22-25-27-29-30-31-32-33-34-35-36-37-38-39-40-41-42-43-44-45-46-48-50-52-54-57-60-63-66-69-81(86)93-72-78(84)73-95-100(89,90)96-74-79(85)75-97-101(91,92)98-77-80(99-83(88)71-68-65-62-59-56-51-24-21-18-15-12-9-6-3)76-94-82(87)70-67-64-61-58-55-53-49-47-28-26-23-20-17-14-11-8-5-2/h8,11,16-17,19-21,24-28,30-31,33-34,49,53,58,61,78-80,84-85H,4-7,9-10,12-15,18,22-23,29,32,35-48,50-52,54-57,59-60,62-77H2,1-3H3,(H,89,90)(H,91,92)/b11-8-,19-16-,20-17-,24-21-,27-25-,28-26-,31-30-,34-33-,53-49-,61-58-. The van der Waals surface area contributed by atoms with E-state index in [4.69, 9.17) is 32.3 Å². The van der Waals surface area contributed by atoms with Crippen molar-refractivity contribution in [1.82, 2.24) is 0 Å². The molecule has 0 aliphatic rings. The van der Waals surface area contributed by atoms with E-state index in [2.05, 4.69) is 130 Å². The topological polar surface area (TPSA) is 231 Å². The summed E-state index contributed by atoms with van der Waals surface area (Å²) in [6.45, 7) is 2.45. The highest BCUT2D eigenvalue weighted by Gasteiger charge is 2.29. The highest BCUT2D eigenvalue weighted by molar-refractivity contribution is 7.47. The van der Waals surface area contributed by atoms with E-state index in [0.717, 1.165) is 109 Å². The third kappa shape index (κ3) is 76.9. The van der Waals surface area contributed by atoms with E-state index in [0.29, 0.717) is 25.7 Å². The van der Waals surface area contributed by atoms with Gasteiger partial charge in [-0.05, 0) is 128 Å². The van der Waals surface area contributed by atoms with Crippen LogP contribution in [0.15, 0.2) is 122 Å². The number of hydrogen-bond donors (Lipinski definition) is 4. The molecule has 4 N–H and O–H groups in total. The predicted molar refractivity (Wildman–Crippen MR) is 417 cm³/mol. The van der Waals surface area contributed by atoms with Gasteiger partial charge in [0.25, 0.3) is 0 Å². The molecule has 0 saturated heterocycles. The average molecular weight is 1460 g/mol. The van der Waals surface area contributed by atoms with Crippen LogP contribution < -0.4 is 0 Å². The third-order valence-electron chi connectivity index (χ3n) is 16.6. The molecule has 0 aromatic heterocycles. The van der Waals surface area contributed by atoms with Crippen molar-refractivity contribution in [2.45, 2.75) is 347 Å². The normalized spacial score (nSPS) is 14.6. The molecule has 0 radical (unpaired) electrons. The minimum atomic E-state index is -4.94. The van der Waals surface area contributed by atoms with Crippen LogP contribution >= 0.6 is 15.6 Å². The highest BCUT2D eigenvalue weighted by atomic mass is 31.2. The molecule has 0 spiro atoms. The SMILES string of the molecule is CC/C=C\C/C=C\C/C=C\C/C=C\C/C=C\CCCC(=O)OCC(COP(=O)(O)OCC(O)COP(=O)(O)OCC(O)COC(=O)CCCCCCCCCCCCCCCCCCCCC/C=C\C/C=C\C/C=C\C/C=C\CCCCC)OC(=O)CCCCCCC/C=C\CCCCCC. The van der Waals surface area contributed by atoms with Gasteiger partial charge in [0.05, 0.1) is 26.4 Å². The monoisotopic (exact) mass is 1460 g/mol. The number of phosphoric acid groups is 2. The molecule has 0 saturated carbocycles. The number of hydrogen-bond acceptors (Lipinski definition) is 14. The zero-order valence-corrected chi connectivity index (χ0v) is 65.3. The molecule has 5 atom stereocenters. The lowest BCUT2D eigenvalue weighted by molar-refractivity contribution is -0.161. The fourth-order valence-corrected chi connectivity index (χ4v) is 12.2. The van der Waals surface area contributed by atoms with Crippen LogP contribution in [0.25, 0.3) is 0 Å². The molecule has 0 aliphatic heterocycles. The minimum absolute atomic E-state index is 0.0809. The van der Waals surface area contributed by atoms with Crippen LogP contribution in [0, 0.1) is 0 Å². The van der Waals surface area contributed by atoms with Crippen LogP contribution in [0.3, 0.4) is 0 Å². The molecule has 0 heterocycles. The Hall–Kier alpha value is -4.05. The number of allylic oxidation sites excluding steroid dienone is 20. The summed E-state index contributed by atoms with van der Waals surface area (Å²) in [6.07, 6.45) is 90.1. The highest BCUT2D eigenvalue weighted by Crippen LogP contribution is 2.45. The number of aliphatic hydroxyl groups is 2. The Bertz CT molecular complexity index is 2320. The van der Waals surface area contributed by atoms with E-state index in [1.807, 2.05) is 12.2 Å². The van der Waals surface area contributed by atoms with Gasteiger partial charge >= 0.3 is 33.6 Å². The molecule has 0 fully saturated rings. The molecule has 0 aromatic rings. The molecule has 0 aromatic carbocycles. The summed E-state index contributed by atoms with van der Waals surface area (Å²) < 4.78 is 61.0. The summed E-state index contributed by atoms with van der Waals surface area (Å²) in [4.78, 5) is 58.5. The lowest BCUT2D eigenvalue weighted by atomic mass is 10.0. The maximum absolute atomic E-state index is 12.9. The fraction of sp³-hybridized carbons (Fsp3) is 0.723. The van der Waals surface area contributed by atoms with E-state index in [1.54, 1.807) is 0 Å². The van der Waals surface area contributed by atoms with Gasteiger partial charge in [0.2, 0.25) is 0 Å². The molecule has 16 nitrogen and oxygen atoms in total. The van der Waals surface area contributed by atoms with Gasteiger partial charge in [-0.3, -0.25) is 32.5 Å². The van der Waals surface area contributed by atoms with Gasteiger partial charge in [-0.15, -0.1) is 0 Å². The van der Waals surface area contributed by atoms with Gasteiger partial charge in [0, 0.05) is 19.3 Å². The van der Waals surface area contributed by atoms with Gasteiger partial charge in [0.1, 0.15) is 25.4 Å². The molecule has 0 rings (SSSR count). The Morgan fingerprint density at radius 2 is 0.535 bits per heavy atom. The van der Waals surface area contributed by atoms with Crippen molar-refractivity contribution >= 4 is 33.6 Å². The molecule has 18 heteroatoms. The van der Waals surface area contributed by atoms with E-state index in [1.165, 1.54) is 154 Å². The molecule has 0 aliphatic carbocycles. The number of carbonyl (C=O) groups is 3. The van der Waals surface area contributed by atoms with Crippen molar-refractivity contribution in [3.8, 4) is 0 Å². The first-order chi connectivity index (χ1) is 49.2. The zero-order chi connectivity index (χ0) is 73.7. The molecule has 101 heavy (non-hydrogen) atoms. The van der Waals surface area contributed by atoms with Crippen molar-refractivity contribution in [1.29, 1.82) is 0 Å². The molecule has 582 valence electrons. The van der Waals surface area contributed by atoms with Crippen LogP contribution in [-0.2, 0) is 55.8 Å². The number of rotatable bonds is 75. The lowest BCUT2D eigenvalue weighted by Gasteiger charge is -2.21. The zero-order valence-electron chi connectivity index (χ0n) is 63.5. The smallest absolute Gasteiger partial charge is 0.463 e. The fourth-order valence-electron chi connectivity index (χ4n) is 10.6. The maximum atomic E-state index is 12.9. The van der Waals surface area contributed by atoms with Gasteiger partial charge < -0.3 is 34.2 Å². The number of aliphatic hydroxyl groups excluding tert-OH is 2. The van der Waals surface area contributed by atoms with Crippen LogP contribution in [0.1, 0.15) is 329 Å². The quantitative estimate of drug-likeness (QED) is 0.0146. The van der Waals surface area contributed by atoms with Crippen LogP contribution in [0.5, 0.6) is 0 Å². The van der Waals surface area contributed by atoms with Gasteiger partial charge in [-0.1, -0.05) is 303 Å². The minimum Gasteiger partial charge on any atom is -0.463 e. The van der Waals surface area contributed by atoms with Crippen molar-refractivity contribution in [3.05, 3.63) is 122 Å². The first-order valence-corrected chi connectivity index (χ1v) is 42.8. The summed E-state index contributed by atoms with van der Waals surface area (Å²) in [5.74, 6) is -1.65. The Balaban J connectivity index is 4.37. The number of carbonyl (C=O) groups excluding carboxylic acids is 3. The number of unbranched alkanes of at least 4 members (excludes halogenated alkanes) is 32. The summed E-state index contributed by atoms with van der Waals surface area (Å²) in [7, 11) is -9.80. The second kappa shape index (κ2) is 75.6. The summed E-state index contributed by atoms with van der Waals surface area (Å²) >= 11 is 0. The van der Waals surface area contributed by atoms with Gasteiger partial charge in [-0.2, -0.15) is 0 Å². The molecular formula is C83H144O16P2. The van der Waals surface area contributed by atoms with Crippen molar-refractivity contribution < 1.29 is 75.8 Å². The lowest BCUT2D eigenvalue weighted by Crippen LogP contribution is -2.30. The van der Waals surface area contributed by atoms with Gasteiger partial charge in [-0.25, -0.2) is 9.13 Å². The number of ether oxygens (including phenoxy) is 3. The summed E-state index contributed by atoms with van der Waals surface area (Å²) in [5.41, 5.74) is 0. The summed E-state index contributed by atoms with van der Waals surface area (Å²) in [6, 6.07) is 0. The first kappa shape index (κ1) is 97.0. The largest absolute Gasteiger partial charge is 0.472 e. The van der Waals surface area contributed by atoms with E-state index in [9.17, 15) is 43.5 Å². The van der Waals surface area contributed by atoms with E-state index in [-0.39, 0.29) is 19.3 Å². The molecular weight excluding hydrogens is 1310 g/mol. The van der Waals surface area contributed by atoms with E-state index < -0.39 is 91.5 Å². The van der Waals surface area contributed by atoms with Crippen molar-refractivity contribution in [2.75, 3.05) is 39.6 Å². The van der Waals surface area contributed by atoms with Gasteiger partial charge in [0.15, 0.2) is 6.10 Å². The van der Waals surface area contributed by atoms with Crippen molar-refractivity contribution in [2.24, 2.45) is 0 Å². The van der Waals surface area contributed by atoms with Crippen molar-refractivity contribution in [3.63, 3.8) is 0 Å². The molecule has 5 unspecified atom stereocenters. The summed E-state index contributed by atoms with van der Waals surface area (Å²) in [5, 5.41) is 20.6. The number of esters is 3. The van der Waals surface area contributed by atoms with E-state index >= 15 is 0 Å². The Labute approximate surface area is 614 Å². The van der Waals surface area contributed by atoms with Crippen LogP contribution in [-0.4, -0.2) is 95.9 Å². The van der Waals surface area contributed by atoms with Crippen LogP contribution in [0.4, 0.5) is 0 Å². The molecule has 0 bridgehead atoms. The molecule has 0 amide bonds. The second-order valence-corrected chi connectivity index (χ2v) is 29.4. The number of phosphoric ester groups is 2. The second-order valence-electron chi connectivity index (χ2n) is 26.5. The first-order valence-electron chi connectivity index (χ1n) is 39.8. The Kier molecular flexibility index (Phi) is 72.6. The third-order valence-corrected chi connectivity index (χ3v) is 18.5. The Morgan fingerprint density at radius 1 is 0.287 bits per heavy atom. The maximum Gasteiger partial charge on any atom is 0.472 e.